The first-order valence-electron chi connectivity index (χ1n) is 14.8. The molecule has 41 heavy (non-hydrogen) atoms. The number of allylic oxidation sites excluding steroid dienone is 1. The molecule has 1 fully saturated rings. The Balaban J connectivity index is 1.56. The van der Waals surface area contributed by atoms with Crippen molar-refractivity contribution >= 4 is 33.2 Å². The molecular weight excluding hydrogens is 560 g/mol. The van der Waals surface area contributed by atoms with Gasteiger partial charge < -0.3 is 14.7 Å². The van der Waals surface area contributed by atoms with Gasteiger partial charge in [-0.3, -0.25) is 4.79 Å². The minimum absolute atomic E-state index is 0.255. The van der Waals surface area contributed by atoms with Crippen LogP contribution >= 0.6 is 11.6 Å². The Labute approximate surface area is 249 Å². The maximum atomic E-state index is 13.3. The standard InChI is InChI=1S/C32H41ClN2O5S/c1-3-27-9-4-5-10-30(36)32(2)16-15-25(32)20-35-17-7-6-8-22-18-26(33)13-11-24(22)21-40-29-14-12-23(19-28(29)35)31(37)34-41(27,38)39/h5,10-14,18-19,25,27,30,36H,3-4,6-9,15-17,20-21H2,1-2H3,(H,34,37)/b10-5+/t25-,27+,30+,32+/m0/s1. The van der Waals surface area contributed by atoms with E-state index < -0.39 is 27.3 Å². The summed E-state index contributed by atoms with van der Waals surface area (Å²) in [6.07, 6.45) is 9.08. The number of halogens is 1. The highest BCUT2D eigenvalue weighted by Crippen LogP contribution is 2.50. The maximum Gasteiger partial charge on any atom is 0.264 e. The van der Waals surface area contributed by atoms with Crippen molar-refractivity contribution in [3.05, 3.63) is 70.3 Å². The highest BCUT2D eigenvalue weighted by Gasteiger charge is 2.47. The maximum absolute atomic E-state index is 13.3. The number of carbonyl (C=O) groups excluding carboxylic acids is 1. The van der Waals surface area contributed by atoms with E-state index in [0.29, 0.717) is 43.2 Å². The van der Waals surface area contributed by atoms with Crippen LogP contribution in [0, 0.1) is 11.3 Å². The summed E-state index contributed by atoms with van der Waals surface area (Å²) in [4.78, 5) is 15.6. The smallest absolute Gasteiger partial charge is 0.264 e. The summed E-state index contributed by atoms with van der Waals surface area (Å²) in [5.74, 6) is 0.263. The van der Waals surface area contributed by atoms with Crippen LogP contribution in [0.15, 0.2) is 48.6 Å². The molecule has 7 nitrogen and oxygen atoms in total. The number of aryl methyl sites for hydroxylation is 1. The number of hydrogen-bond donors (Lipinski definition) is 2. The van der Waals surface area contributed by atoms with Crippen molar-refractivity contribution in [1.82, 2.24) is 4.72 Å². The SMILES string of the molecule is CC[C@@H]1CC/C=C/[C@@H](O)[C@]2(C)CC[C@H]2CN2CCCCc3cc(Cl)ccc3COc3ccc(cc32)C(=O)NS1(=O)=O. The summed E-state index contributed by atoms with van der Waals surface area (Å²) in [5, 5.41) is 11.2. The van der Waals surface area contributed by atoms with E-state index in [-0.39, 0.29) is 16.9 Å². The van der Waals surface area contributed by atoms with Crippen molar-refractivity contribution in [2.24, 2.45) is 11.3 Å². The molecule has 5 rings (SSSR count). The second-order valence-electron chi connectivity index (χ2n) is 12.0. The zero-order valence-electron chi connectivity index (χ0n) is 23.9. The van der Waals surface area contributed by atoms with Gasteiger partial charge in [0.15, 0.2) is 0 Å². The van der Waals surface area contributed by atoms with Gasteiger partial charge in [0.25, 0.3) is 5.91 Å². The van der Waals surface area contributed by atoms with Gasteiger partial charge in [0.05, 0.1) is 17.0 Å². The van der Waals surface area contributed by atoms with E-state index in [9.17, 15) is 18.3 Å². The fourth-order valence-corrected chi connectivity index (χ4v) is 8.04. The Morgan fingerprint density at radius 2 is 1.98 bits per heavy atom. The van der Waals surface area contributed by atoms with Crippen molar-refractivity contribution in [2.45, 2.75) is 83.2 Å². The number of hydrogen-bond acceptors (Lipinski definition) is 6. The van der Waals surface area contributed by atoms with Crippen LogP contribution in [0.4, 0.5) is 5.69 Å². The fourth-order valence-electron chi connectivity index (χ4n) is 6.42. The molecular formula is C32H41ClN2O5S. The van der Waals surface area contributed by atoms with Crippen LogP contribution in [0.5, 0.6) is 5.75 Å². The minimum atomic E-state index is -3.88. The minimum Gasteiger partial charge on any atom is -0.487 e. The molecule has 2 aromatic carbocycles. The van der Waals surface area contributed by atoms with Crippen molar-refractivity contribution in [3.63, 3.8) is 0 Å². The van der Waals surface area contributed by atoms with Crippen LogP contribution in [-0.4, -0.2) is 43.9 Å². The summed E-state index contributed by atoms with van der Waals surface area (Å²) < 4.78 is 35.0. The number of ether oxygens (including phenoxy) is 1. The Morgan fingerprint density at radius 1 is 1.15 bits per heavy atom. The summed E-state index contributed by atoms with van der Waals surface area (Å²) in [6.45, 7) is 5.76. The Hall–Kier alpha value is -2.55. The monoisotopic (exact) mass is 600 g/mol. The predicted molar refractivity (Wildman–Crippen MR) is 163 cm³/mol. The average Bonchev–Trinajstić information content (AvgIpc) is 2.97. The van der Waals surface area contributed by atoms with Crippen molar-refractivity contribution in [3.8, 4) is 5.75 Å². The number of aliphatic hydroxyl groups is 1. The zero-order chi connectivity index (χ0) is 29.2. The normalized spacial score (nSPS) is 29.4. The first-order chi connectivity index (χ1) is 19.6. The first kappa shape index (κ1) is 29.9. The molecule has 9 heteroatoms. The van der Waals surface area contributed by atoms with E-state index in [1.54, 1.807) is 18.2 Å². The molecule has 0 aromatic heterocycles. The lowest BCUT2D eigenvalue weighted by molar-refractivity contribution is -0.0466. The number of carbonyl (C=O) groups is 1. The molecule has 2 aliphatic heterocycles. The summed E-state index contributed by atoms with van der Waals surface area (Å²) in [5.41, 5.74) is 3.01. The van der Waals surface area contributed by atoms with Gasteiger partial charge in [-0.15, -0.1) is 0 Å². The van der Waals surface area contributed by atoms with E-state index in [0.717, 1.165) is 49.9 Å². The number of sulfonamides is 1. The zero-order valence-corrected chi connectivity index (χ0v) is 25.5. The van der Waals surface area contributed by atoms with Crippen LogP contribution < -0.4 is 14.4 Å². The summed E-state index contributed by atoms with van der Waals surface area (Å²) >= 11 is 6.31. The van der Waals surface area contributed by atoms with Gasteiger partial charge in [0.2, 0.25) is 10.0 Å². The van der Waals surface area contributed by atoms with Gasteiger partial charge in [0.1, 0.15) is 12.4 Å². The Kier molecular flexibility index (Phi) is 9.02. The number of benzene rings is 2. The Bertz CT molecular complexity index is 1410. The number of amides is 1. The molecule has 0 spiro atoms. The largest absolute Gasteiger partial charge is 0.487 e. The molecule has 1 saturated carbocycles. The lowest BCUT2D eigenvalue weighted by Gasteiger charge is -2.51. The van der Waals surface area contributed by atoms with E-state index in [1.807, 2.05) is 37.3 Å². The molecule has 3 aliphatic rings. The van der Waals surface area contributed by atoms with Gasteiger partial charge in [-0.05, 0) is 98.7 Å². The molecule has 0 unspecified atom stereocenters. The number of anilines is 1. The molecule has 4 atom stereocenters. The van der Waals surface area contributed by atoms with Gasteiger partial charge in [0, 0.05) is 29.1 Å². The number of rotatable bonds is 1. The third-order valence-electron chi connectivity index (χ3n) is 9.42. The van der Waals surface area contributed by atoms with E-state index in [2.05, 4.69) is 16.5 Å². The van der Waals surface area contributed by atoms with Gasteiger partial charge >= 0.3 is 0 Å². The van der Waals surface area contributed by atoms with Gasteiger partial charge in [-0.1, -0.05) is 43.7 Å². The van der Waals surface area contributed by atoms with Crippen LogP contribution in [0.25, 0.3) is 0 Å². The lowest BCUT2D eigenvalue weighted by Crippen LogP contribution is -2.51. The van der Waals surface area contributed by atoms with Crippen LogP contribution in [0.1, 0.15) is 80.3 Å². The first-order valence-corrected chi connectivity index (χ1v) is 16.7. The average molecular weight is 601 g/mol. The highest BCUT2D eigenvalue weighted by atomic mass is 35.5. The number of fused-ring (bicyclic) bond motifs is 3. The lowest BCUT2D eigenvalue weighted by atomic mass is 9.58. The quantitative estimate of drug-likeness (QED) is 0.388. The van der Waals surface area contributed by atoms with Crippen LogP contribution in [-0.2, 0) is 23.1 Å². The number of nitrogens with zero attached hydrogens (tertiary/aromatic N) is 1. The van der Waals surface area contributed by atoms with Crippen molar-refractivity contribution in [1.29, 1.82) is 0 Å². The third kappa shape index (κ3) is 6.45. The number of nitrogens with one attached hydrogen (secondary N) is 1. The van der Waals surface area contributed by atoms with Gasteiger partial charge in [-0.25, -0.2) is 13.1 Å². The molecule has 2 bridgehead atoms. The van der Waals surface area contributed by atoms with Crippen molar-refractivity contribution < 1.29 is 23.1 Å². The second-order valence-corrected chi connectivity index (χ2v) is 14.4. The molecule has 1 amide bonds. The fraction of sp³-hybridized carbons (Fsp3) is 0.531. The van der Waals surface area contributed by atoms with E-state index in [1.165, 1.54) is 5.56 Å². The Morgan fingerprint density at radius 3 is 2.73 bits per heavy atom. The molecule has 0 radical (unpaired) electrons. The number of aliphatic hydroxyl groups excluding tert-OH is 1. The highest BCUT2D eigenvalue weighted by molar-refractivity contribution is 7.90. The molecule has 2 aromatic rings. The summed E-state index contributed by atoms with van der Waals surface area (Å²) in [7, 11) is -3.88. The van der Waals surface area contributed by atoms with Crippen LogP contribution in [0.2, 0.25) is 5.02 Å². The predicted octanol–water partition coefficient (Wildman–Crippen LogP) is 6.03. The van der Waals surface area contributed by atoms with Crippen molar-refractivity contribution in [2.75, 3.05) is 18.0 Å². The molecule has 0 saturated heterocycles. The van der Waals surface area contributed by atoms with Gasteiger partial charge in [-0.2, -0.15) is 0 Å². The second kappa shape index (κ2) is 12.4. The molecule has 222 valence electrons. The molecule has 1 aliphatic carbocycles. The van der Waals surface area contributed by atoms with Crippen LogP contribution in [0.3, 0.4) is 0 Å². The third-order valence-corrected chi connectivity index (χ3v) is 11.6. The van der Waals surface area contributed by atoms with E-state index in [4.69, 9.17) is 16.3 Å². The summed E-state index contributed by atoms with van der Waals surface area (Å²) in [6, 6.07) is 11.1. The molecule has 2 heterocycles. The topological polar surface area (TPSA) is 95.9 Å². The molecule has 2 N–H and O–H groups in total. The van der Waals surface area contributed by atoms with E-state index >= 15 is 0 Å².